The predicted molar refractivity (Wildman–Crippen MR) is 66.5 cm³/mol. The lowest BCUT2D eigenvalue weighted by Crippen LogP contribution is -2.06. The van der Waals surface area contributed by atoms with Crippen molar-refractivity contribution in [2.24, 2.45) is 0 Å². The van der Waals surface area contributed by atoms with Gasteiger partial charge in [-0.15, -0.1) is 16.7 Å². The van der Waals surface area contributed by atoms with Gasteiger partial charge >= 0.3 is 0 Å². The Morgan fingerprint density at radius 2 is 2.06 bits per heavy atom. The van der Waals surface area contributed by atoms with E-state index < -0.39 is 0 Å². The summed E-state index contributed by atoms with van der Waals surface area (Å²) in [6.07, 6.45) is 0. The highest BCUT2D eigenvalue weighted by Gasteiger charge is 2.17. The Kier molecular flexibility index (Phi) is 3.66. The van der Waals surface area contributed by atoms with E-state index in [1.165, 1.54) is 0 Å². The summed E-state index contributed by atoms with van der Waals surface area (Å²) in [5.74, 6) is 1.87. The maximum atomic E-state index is 6.03. The molecule has 0 N–H and O–H groups in total. The van der Waals surface area contributed by atoms with E-state index in [0.29, 0.717) is 23.0 Å². The molecule has 0 aliphatic carbocycles. The first-order valence-corrected chi connectivity index (χ1v) is 5.75. The second-order valence-electron chi connectivity index (χ2n) is 3.60. The fourth-order valence-electron chi connectivity index (χ4n) is 1.58. The number of benzene rings is 1. The normalized spacial score (nSPS) is 12.2. The summed E-state index contributed by atoms with van der Waals surface area (Å²) < 4.78 is 12.0. The average Bonchev–Trinajstić information content (AvgIpc) is 2.87. The SMILES string of the molecule is COc1ccc(OC)c(-n2nnnc2C(C)Cl)c1. The summed E-state index contributed by atoms with van der Waals surface area (Å²) in [5, 5.41) is 11.1. The summed E-state index contributed by atoms with van der Waals surface area (Å²) in [4.78, 5) is 0. The molecule has 0 aliphatic heterocycles. The number of hydrogen-bond donors (Lipinski definition) is 0. The molecular weight excluding hydrogens is 256 g/mol. The van der Waals surface area contributed by atoms with Crippen LogP contribution in [-0.2, 0) is 0 Å². The Bertz CT molecular complexity index is 542. The van der Waals surface area contributed by atoms with Crippen molar-refractivity contribution in [3.05, 3.63) is 24.0 Å². The minimum Gasteiger partial charge on any atom is -0.497 e. The first-order chi connectivity index (χ1) is 8.67. The van der Waals surface area contributed by atoms with Gasteiger partial charge in [0.25, 0.3) is 0 Å². The van der Waals surface area contributed by atoms with Gasteiger partial charge in [-0.25, -0.2) is 0 Å². The molecule has 1 aromatic carbocycles. The molecule has 0 fully saturated rings. The fourth-order valence-corrected chi connectivity index (χ4v) is 1.71. The number of nitrogens with zero attached hydrogens (tertiary/aromatic N) is 4. The Morgan fingerprint density at radius 1 is 1.28 bits per heavy atom. The van der Waals surface area contributed by atoms with Gasteiger partial charge in [-0.05, 0) is 29.5 Å². The van der Waals surface area contributed by atoms with Crippen LogP contribution in [0.3, 0.4) is 0 Å². The largest absolute Gasteiger partial charge is 0.497 e. The van der Waals surface area contributed by atoms with E-state index in [1.807, 2.05) is 0 Å². The first kappa shape index (κ1) is 12.6. The zero-order chi connectivity index (χ0) is 13.1. The van der Waals surface area contributed by atoms with Crippen molar-refractivity contribution in [2.45, 2.75) is 12.3 Å². The second kappa shape index (κ2) is 5.22. The Labute approximate surface area is 109 Å². The number of rotatable bonds is 4. The van der Waals surface area contributed by atoms with E-state index in [2.05, 4.69) is 15.5 Å². The number of alkyl halides is 1. The molecule has 1 unspecified atom stereocenters. The molecule has 96 valence electrons. The Morgan fingerprint density at radius 3 is 2.67 bits per heavy atom. The summed E-state index contributed by atoms with van der Waals surface area (Å²) in [6.45, 7) is 1.80. The fraction of sp³-hybridized carbons (Fsp3) is 0.364. The predicted octanol–water partition coefficient (Wildman–Crippen LogP) is 1.98. The average molecular weight is 269 g/mol. The van der Waals surface area contributed by atoms with E-state index in [4.69, 9.17) is 21.1 Å². The van der Waals surface area contributed by atoms with Crippen LogP contribution in [0, 0.1) is 0 Å². The van der Waals surface area contributed by atoms with Gasteiger partial charge in [-0.1, -0.05) is 0 Å². The van der Waals surface area contributed by atoms with Crippen LogP contribution in [0.4, 0.5) is 0 Å². The van der Waals surface area contributed by atoms with Crippen molar-refractivity contribution < 1.29 is 9.47 Å². The minimum absolute atomic E-state index is 0.309. The van der Waals surface area contributed by atoms with E-state index in [9.17, 15) is 0 Å². The van der Waals surface area contributed by atoms with Gasteiger partial charge in [-0.2, -0.15) is 4.68 Å². The zero-order valence-corrected chi connectivity index (χ0v) is 11.0. The lowest BCUT2D eigenvalue weighted by molar-refractivity contribution is 0.400. The van der Waals surface area contributed by atoms with Gasteiger partial charge in [0, 0.05) is 6.07 Å². The van der Waals surface area contributed by atoms with Crippen molar-refractivity contribution in [1.82, 2.24) is 20.2 Å². The van der Waals surface area contributed by atoms with Crippen molar-refractivity contribution in [2.75, 3.05) is 14.2 Å². The van der Waals surface area contributed by atoms with Gasteiger partial charge in [0.1, 0.15) is 17.2 Å². The van der Waals surface area contributed by atoms with Crippen LogP contribution in [0.1, 0.15) is 18.1 Å². The standard InChI is InChI=1S/C11H13ClN4O2/c1-7(12)11-13-14-15-16(11)9-6-8(17-2)4-5-10(9)18-3/h4-7H,1-3H3. The first-order valence-electron chi connectivity index (χ1n) is 5.32. The third-order valence-corrected chi connectivity index (χ3v) is 2.66. The Balaban J connectivity index is 2.57. The molecular formula is C11H13ClN4O2. The van der Waals surface area contributed by atoms with Crippen LogP contribution < -0.4 is 9.47 Å². The van der Waals surface area contributed by atoms with E-state index in [1.54, 1.807) is 44.0 Å². The molecule has 1 aromatic heterocycles. The van der Waals surface area contributed by atoms with Crippen molar-refractivity contribution in [3.8, 4) is 17.2 Å². The molecule has 2 rings (SSSR count). The van der Waals surface area contributed by atoms with Crippen LogP contribution in [0.25, 0.3) is 5.69 Å². The van der Waals surface area contributed by atoms with Gasteiger partial charge in [0.15, 0.2) is 5.82 Å². The van der Waals surface area contributed by atoms with Crippen molar-refractivity contribution in [3.63, 3.8) is 0 Å². The molecule has 0 saturated heterocycles. The Hall–Kier alpha value is -1.82. The monoisotopic (exact) mass is 268 g/mol. The molecule has 0 bridgehead atoms. The molecule has 0 spiro atoms. The lowest BCUT2D eigenvalue weighted by atomic mass is 10.2. The molecule has 18 heavy (non-hydrogen) atoms. The summed E-state index contributed by atoms with van der Waals surface area (Å²) >= 11 is 6.03. The van der Waals surface area contributed by atoms with E-state index >= 15 is 0 Å². The highest BCUT2D eigenvalue weighted by molar-refractivity contribution is 6.20. The molecule has 0 aliphatic rings. The quantitative estimate of drug-likeness (QED) is 0.794. The van der Waals surface area contributed by atoms with E-state index in [-0.39, 0.29) is 5.38 Å². The zero-order valence-electron chi connectivity index (χ0n) is 10.3. The number of halogens is 1. The highest BCUT2D eigenvalue weighted by Crippen LogP contribution is 2.29. The van der Waals surface area contributed by atoms with Crippen LogP contribution >= 0.6 is 11.6 Å². The number of aromatic nitrogens is 4. The van der Waals surface area contributed by atoms with Gasteiger partial charge in [-0.3, -0.25) is 0 Å². The van der Waals surface area contributed by atoms with Crippen molar-refractivity contribution in [1.29, 1.82) is 0 Å². The lowest BCUT2D eigenvalue weighted by Gasteiger charge is -2.11. The topological polar surface area (TPSA) is 62.1 Å². The summed E-state index contributed by atoms with van der Waals surface area (Å²) in [5.41, 5.74) is 0.685. The maximum Gasteiger partial charge on any atom is 0.174 e. The molecule has 0 radical (unpaired) electrons. The van der Waals surface area contributed by atoms with Crippen LogP contribution in [0.5, 0.6) is 11.5 Å². The summed E-state index contributed by atoms with van der Waals surface area (Å²) in [7, 11) is 3.18. The smallest absolute Gasteiger partial charge is 0.174 e. The molecule has 1 atom stereocenters. The third-order valence-electron chi connectivity index (χ3n) is 2.46. The molecule has 7 heteroatoms. The number of tetrazole rings is 1. The number of hydrogen-bond acceptors (Lipinski definition) is 5. The molecule has 0 amide bonds. The van der Waals surface area contributed by atoms with Crippen LogP contribution in [-0.4, -0.2) is 34.4 Å². The second-order valence-corrected chi connectivity index (χ2v) is 4.26. The molecule has 1 heterocycles. The third kappa shape index (κ3) is 2.24. The summed E-state index contributed by atoms with van der Waals surface area (Å²) in [6, 6.07) is 5.38. The maximum absolute atomic E-state index is 6.03. The number of ether oxygens (including phenoxy) is 2. The van der Waals surface area contributed by atoms with Gasteiger partial charge < -0.3 is 9.47 Å². The highest BCUT2D eigenvalue weighted by atomic mass is 35.5. The van der Waals surface area contributed by atoms with Gasteiger partial charge in [0.2, 0.25) is 0 Å². The molecule has 2 aromatic rings. The van der Waals surface area contributed by atoms with Crippen LogP contribution in [0.15, 0.2) is 18.2 Å². The molecule has 0 saturated carbocycles. The molecule has 6 nitrogen and oxygen atoms in total. The van der Waals surface area contributed by atoms with Crippen LogP contribution in [0.2, 0.25) is 0 Å². The van der Waals surface area contributed by atoms with E-state index in [0.717, 1.165) is 0 Å². The van der Waals surface area contributed by atoms with Crippen molar-refractivity contribution >= 4 is 11.6 Å². The minimum atomic E-state index is -0.309. The number of methoxy groups -OCH3 is 2. The van der Waals surface area contributed by atoms with Gasteiger partial charge in [0.05, 0.1) is 19.6 Å².